The molecule has 0 amide bonds. The maximum absolute atomic E-state index is 12.4. The molecule has 0 radical (unpaired) electrons. The normalized spacial score (nSPS) is 14.5. The third-order valence-corrected chi connectivity index (χ3v) is 2.57. The van der Waals surface area contributed by atoms with Crippen molar-refractivity contribution in [1.29, 1.82) is 0 Å². The molecule has 6 nitrogen and oxygen atoms in total. The van der Waals surface area contributed by atoms with Crippen LogP contribution >= 0.6 is 0 Å². The average molecular weight is 316 g/mol. The maximum Gasteiger partial charge on any atom is 0.325 e. The van der Waals surface area contributed by atoms with Gasteiger partial charge in [-0.2, -0.15) is 0 Å². The highest BCUT2D eigenvalue weighted by Gasteiger charge is 2.37. The lowest BCUT2D eigenvalue weighted by molar-refractivity contribution is -0.160. The topological polar surface area (TPSA) is 76.7 Å². The Morgan fingerprint density at radius 3 is 1.09 bits per heavy atom. The molecule has 0 aromatic carbocycles. The largest absolute Gasteiger partial charge is 0.462 e. The van der Waals surface area contributed by atoms with Crippen molar-refractivity contribution in [3.05, 3.63) is 0 Å². The Balaban J connectivity index is 5.32. The van der Waals surface area contributed by atoms with Gasteiger partial charge in [-0.15, -0.1) is 0 Å². The van der Waals surface area contributed by atoms with Crippen LogP contribution in [0.2, 0.25) is 0 Å². The molecule has 0 aliphatic rings. The van der Waals surface area contributed by atoms with E-state index in [9.17, 15) is 9.59 Å². The van der Waals surface area contributed by atoms with Crippen LogP contribution < -0.4 is 10.6 Å². The van der Waals surface area contributed by atoms with Crippen molar-refractivity contribution in [3.63, 3.8) is 0 Å². The van der Waals surface area contributed by atoms with E-state index in [4.69, 9.17) is 9.47 Å². The zero-order chi connectivity index (χ0) is 17.4. The minimum absolute atomic E-state index is 0.0213. The minimum atomic E-state index is -0.795. The van der Waals surface area contributed by atoms with Gasteiger partial charge in [0.1, 0.15) is 12.1 Å². The van der Waals surface area contributed by atoms with E-state index < -0.39 is 24.0 Å². The van der Waals surface area contributed by atoms with E-state index in [0.29, 0.717) is 0 Å². The Morgan fingerprint density at radius 1 is 0.636 bits per heavy atom. The predicted molar refractivity (Wildman–Crippen MR) is 86.6 cm³/mol. The van der Waals surface area contributed by atoms with Crippen molar-refractivity contribution < 1.29 is 19.1 Å². The molecular formula is C16H32N2O4. The number of ether oxygens (including phenoxy) is 2. The second-order valence-electron chi connectivity index (χ2n) is 6.57. The lowest BCUT2D eigenvalue weighted by Gasteiger charge is -2.30. The number of rotatable bonds is 9. The summed E-state index contributed by atoms with van der Waals surface area (Å²) < 4.78 is 10.6. The Labute approximate surface area is 134 Å². The summed E-state index contributed by atoms with van der Waals surface area (Å²) >= 11 is 0. The van der Waals surface area contributed by atoms with E-state index in [1.165, 1.54) is 0 Å². The molecule has 0 bridgehead atoms. The molecule has 0 aromatic heterocycles. The van der Waals surface area contributed by atoms with Crippen molar-refractivity contribution >= 4 is 11.9 Å². The van der Waals surface area contributed by atoms with E-state index in [0.717, 1.165) is 0 Å². The fraction of sp³-hybridized carbons (Fsp3) is 0.875. The summed E-state index contributed by atoms with van der Waals surface area (Å²) in [6.45, 7) is 14.8. The van der Waals surface area contributed by atoms with E-state index in [-0.39, 0.29) is 24.3 Å². The number of nitrogens with one attached hydrogen (secondary N) is 2. The third-order valence-electron chi connectivity index (χ3n) is 2.57. The molecule has 0 rings (SSSR count). The van der Waals surface area contributed by atoms with Crippen LogP contribution in [0.1, 0.15) is 55.4 Å². The first-order valence-electron chi connectivity index (χ1n) is 7.97. The first-order chi connectivity index (χ1) is 10.0. The summed E-state index contributed by atoms with van der Waals surface area (Å²) in [6, 6.07) is -1.55. The molecule has 0 aliphatic heterocycles. The second kappa shape index (κ2) is 9.79. The highest BCUT2D eigenvalue weighted by molar-refractivity contribution is 5.87. The first kappa shape index (κ1) is 20.9. The molecule has 0 saturated carbocycles. The van der Waals surface area contributed by atoms with Crippen LogP contribution in [0.15, 0.2) is 0 Å². The highest BCUT2D eigenvalue weighted by atomic mass is 16.6. The minimum Gasteiger partial charge on any atom is -0.462 e. The van der Waals surface area contributed by atoms with E-state index in [1.54, 1.807) is 27.7 Å². The SMILES string of the molecule is CC(C)NC(C(=O)OC(C)C)C(NC(C)C)C(=O)OC(C)C. The summed E-state index contributed by atoms with van der Waals surface area (Å²) in [7, 11) is 0. The molecule has 0 spiro atoms. The maximum atomic E-state index is 12.4. The van der Waals surface area contributed by atoms with Gasteiger partial charge in [-0.1, -0.05) is 27.7 Å². The van der Waals surface area contributed by atoms with Crippen LogP contribution in [-0.4, -0.2) is 48.3 Å². The van der Waals surface area contributed by atoms with Crippen molar-refractivity contribution in [1.82, 2.24) is 10.6 Å². The highest BCUT2D eigenvalue weighted by Crippen LogP contribution is 2.07. The average Bonchev–Trinajstić information content (AvgIpc) is 2.30. The Bertz CT molecular complexity index is 320. The van der Waals surface area contributed by atoms with Gasteiger partial charge in [0.15, 0.2) is 0 Å². The Hall–Kier alpha value is -1.14. The fourth-order valence-electron chi connectivity index (χ4n) is 1.93. The molecule has 0 saturated heterocycles. The van der Waals surface area contributed by atoms with Gasteiger partial charge in [0.2, 0.25) is 0 Å². The third kappa shape index (κ3) is 8.34. The molecule has 0 fully saturated rings. The van der Waals surface area contributed by atoms with Crippen molar-refractivity contribution in [2.75, 3.05) is 0 Å². The van der Waals surface area contributed by atoms with Crippen molar-refractivity contribution in [2.45, 2.75) is 91.8 Å². The quantitative estimate of drug-likeness (QED) is 0.630. The number of carbonyl (C=O) groups excluding carboxylic acids is 2. The monoisotopic (exact) mass is 316 g/mol. The standard InChI is InChI=1S/C16H32N2O4/c1-9(2)17-13(15(19)21-11(5)6)14(18-10(3)4)16(20)22-12(7)8/h9-14,17-18H,1-8H3. The van der Waals surface area contributed by atoms with Gasteiger partial charge < -0.3 is 20.1 Å². The lowest BCUT2D eigenvalue weighted by atomic mass is 10.1. The zero-order valence-corrected chi connectivity index (χ0v) is 15.1. The van der Waals surface area contributed by atoms with Gasteiger partial charge >= 0.3 is 11.9 Å². The number of carbonyl (C=O) groups is 2. The first-order valence-corrected chi connectivity index (χ1v) is 7.97. The van der Waals surface area contributed by atoms with Crippen molar-refractivity contribution in [2.24, 2.45) is 0 Å². The molecule has 2 N–H and O–H groups in total. The Kier molecular flexibility index (Phi) is 9.28. The van der Waals surface area contributed by atoms with Gasteiger partial charge in [0, 0.05) is 12.1 Å². The van der Waals surface area contributed by atoms with Gasteiger partial charge in [0.05, 0.1) is 12.2 Å². The molecule has 6 heteroatoms. The van der Waals surface area contributed by atoms with Crippen LogP contribution in [0.5, 0.6) is 0 Å². The van der Waals surface area contributed by atoms with Crippen LogP contribution in [-0.2, 0) is 19.1 Å². The van der Waals surface area contributed by atoms with Gasteiger partial charge in [-0.05, 0) is 27.7 Å². The number of hydrogen-bond acceptors (Lipinski definition) is 6. The van der Waals surface area contributed by atoms with E-state index in [1.807, 2.05) is 27.7 Å². The van der Waals surface area contributed by atoms with Crippen molar-refractivity contribution in [3.8, 4) is 0 Å². The lowest BCUT2D eigenvalue weighted by Crippen LogP contribution is -2.60. The second-order valence-corrected chi connectivity index (χ2v) is 6.57. The summed E-state index contributed by atoms with van der Waals surface area (Å²) in [4.78, 5) is 24.7. The molecule has 130 valence electrons. The molecule has 22 heavy (non-hydrogen) atoms. The van der Waals surface area contributed by atoms with Crippen LogP contribution in [0, 0.1) is 0 Å². The summed E-state index contributed by atoms with van der Waals surface area (Å²) in [5.41, 5.74) is 0. The predicted octanol–water partition coefficient (Wildman–Crippen LogP) is 1.62. The smallest absolute Gasteiger partial charge is 0.325 e. The van der Waals surface area contributed by atoms with E-state index >= 15 is 0 Å². The molecular weight excluding hydrogens is 284 g/mol. The van der Waals surface area contributed by atoms with Gasteiger partial charge in [-0.25, -0.2) is 0 Å². The Morgan fingerprint density at radius 2 is 0.909 bits per heavy atom. The molecule has 0 aliphatic carbocycles. The zero-order valence-electron chi connectivity index (χ0n) is 15.1. The number of hydrogen-bond donors (Lipinski definition) is 2. The molecule has 2 unspecified atom stereocenters. The summed E-state index contributed by atoms with van der Waals surface area (Å²) in [5, 5.41) is 6.21. The van der Waals surface area contributed by atoms with E-state index in [2.05, 4.69) is 10.6 Å². The fourth-order valence-corrected chi connectivity index (χ4v) is 1.93. The van der Waals surface area contributed by atoms with Crippen LogP contribution in [0.25, 0.3) is 0 Å². The number of esters is 2. The van der Waals surface area contributed by atoms with Gasteiger partial charge in [-0.3, -0.25) is 9.59 Å². The van der Waals surface area contributed by atoms with Gasteiger partial charge in [0.25, 0.3) is 0 Å². The molecule has 0 heterocycles. The van der Waals surface area contributed by atoms with Crippen LogP contribution in [0.4, 0.5) is 0 Å². The summed E-state index contributed by atoms with van der Waals surface area (Å²) in [5.74, 6) is -0.912. The van der Waals surface area contributed by atoms with Crippen LogP contribution in [0.3, 0.4) is 0 Å². The summed E-state index contributed by atoms with van der Waals surface area (Å²) in [6.07, 6.45) is -0.491. The molecule has 0 aromatic rings. The molecule has 2 atom stereocenters.